The number of carbonyl (C=O) groups excluding carboxylic acids is 2. The van der Waals surface area contributed by atoms with Gasteiger partial charge >= 0.3 is 0 Å². The van der Waals surface area contributed by atoms with Gasteiger partial charge < -0.3 is 20.1 Å². The summed E-state index contributed by atoms with van der Waals surface area (Å²) in [6.45, 7) is 4.27. The van der Waals surface area contributed by atoms with Crippen LogP contribution in [-0.2, 0) is 22.7 Å². The number of nitrogens with zero attached hydrogens (tertiary/aromatic N) is 1. The van der Waals surface area contributed by atoms with Gasteiger partial charge in [-0.2, -0.15) is 0 Å². The zero-order valence-corrected chi connectivity index (χ0v) is 17.8. The van der Waals surface area contributed by atoms with E-state index in [2.05, 4.69) is 10.6 Å². The lowest BCUT2D eigenvalue weighted by Crippen LogP contribution is -2.56. The van der Waals surface area contributed by atoms with Gasteiger partial charge in [0, 0.05) is 41.0 Å². The van der Waals surface area contributed by atoms with E-state index >= 15 is 0 Å². The Bertz CT molecular complexity index is 867. The average molecular weight is 418 g/mol. The molecule has 1 atom stereocenters. The highest BCUT2D eigenvalue weighted by Gasteiger charge is 2.32. The van der Waals surface area contributed by atoms with Gasteiger partial charge in [-0.25, -0.2) is 0 Å². The van der Waals surface area contributed by atoms with Crippen molar-refractivity contribution in [3.05, 3.63) is 45.6 Å². The van der Waals surface area contributed by atoms with E-state index in [-0.39, 0.29) is 18.2 Å². The second-order valence-corrected chi connectivity index (χ2v) is 8.32. The summed E-state index contributed by atoms with van der Waals surface area (Å²) >= 11 is 1.66. The fraction of sp³-hybridized carbons (Fsp3) is 0.429. The van der Waals surface area contributed by atoms with Gasteiger partial charge in [-0.15, -0.1) is 11.3 Å². The summed E-state index contributed by atoms with van der Waals surface area (Å²) in [7, 11) is 3.22. The molecule has 2 N–H and O–H groups in total. The van der Waals surface area contributed by atoms with Crippen molar-refractivity contribution in [2.75, 3.05) is 27.3 Å². The number of hydrogen-bond donors (Lipinski definition) is 2. The summed E-state index contributed by atoms with van der Waals surface area (Å²) in [6, 6.07) is 9.15. The first kappa shape index (κ1) is 21.1. The van der Waals surface area contributed by atoms with Gasteiger partial charge in [-0.1, -0.05) is 6.07 Å². The van der Waals surface area contributed by atoms with E-state index < -0.39 is 6.04 Å². The van der Waals surface area contributed by atoms with Crippen molar-refractivity contribution < 1.29 is 19.1 Å². The molecule has 0 saturated carbocycles. The molecule has 1 fully saturated rings. The van der Waals surface area contributed by atoms with Crippen LogP contribution in [0.1, 0.15) is 21.7 Å². The van der Waals surface area contributed by atoms with Crippen molar-refractivity contribution in [1.29, 1.82) is 0 Å². The summed E-state index contributed by atoms with van der Waals surface area (Å²) in [6.07, 6.45) is 0.120. The van der Waals surface area contributed by atoms with Gasteiger partial charge in [-0.05, 0) is 25.1 Å². The number of carbonyl (C=O) groups is 2. The fourth-order valence-electron chi connectivity index (χ4n) is 3.39. The summed E-state index contributed by atoms with van der Waals surface area (Å²) in [5.74, 6) is 1.16. The van der Waals surface area contributed by atoms with Crippen LogP contribution < -0.4 is 20.1 Å². The molecule has 0 unspecified atom stereocenters. The molecule has 2 amide bonds. The lowest BCUT2D eigenvalue weighted by molar-refractivity contribution is -0.134. The second-order valence-electron chi connectivity index (χ2n) is 6.95. The van der Waals surface area contributed by atoms with E-state index in [4.69, 9.17) is 9.47 Å². The van der Waals surface area contributed by atoms with E-state index in [0.29, 0.717) is 37.7 Å². The SMILES string of the molecule is COc1ccc(CN2CCNC(=O)[C@@H]2CC(=O)NCc2ccc(C)s2)c(OC)c1. The predicted molar refractivity (Wildman–Crippen MR) is 112 cm³/mol. The van der Waals surface area contributed by atoms with Crippen LogP contribution in [0.2, 0.25) is 0 Å². The molecular weight excluding hydrogens is 390 g/mol. The van der Waals surface area contributed by atoms with Crippen LogP contribution in [0, 0.1) is 6.92 Å². The van der Waals surface area contributed by atoms with Crippen molar-refractivity contribution in [3.63, 3.8) is 0 Å². The monoisotopic (exact) mass is 417 g/mol. The Morgan fingerprint density at radius 3 is 2.79 bits per heavy atom. The maximum absolute atomic E-state index is 12.5. The number of nitrogens with one attached hydrogen (secondary N) is 2. The van der Waals surface area contributed by atoms with Crippen molar-refractivity contribution in [2.45, 2.75) is 32.5 Å². The molecule has 0 aliphatic carbocycles. The normalized spacial score (nSPS) is 16.9. The topological polar surface area (TPSA) is 79.9 Å². The molecular formula is C21H27N3O4S. The summed E-state index contributed by atoms with van der Waals surface area (Å²) in [5, 5.41) is 5.79. The molecule has 1 aliphatic heterocycles. The maximum Gasteiger partial charge on any atom is 0.237 e. The van der Waals surface area contributed by atoms with Crippen LogP contribution in [0.4, 0.5) is 0 Å². The lowest BCUT2D eigenvalue weighted by Gasteiger charge is -2.35. The van der Waals surface area contributed by atoms with Gasteiger partial charge in [0.05, 0.1) is 33.2 Å². The molecule has 2 heterocycles. The van der Waals surface area contributed by atoms with Crippen molar-refractivity contribution in [3.8, 4) is 11.5 Å². The highest BCUT2D eigenvalue weighted by molar-refractivity contribution is 7.11. The van der Waals surface area contributed by atoms with Gasteiger partial charge in [0.15, 0.2) is 0 Å². The number of rotatable bonds is 8. The number of methoxy groups -OCH3 is 2. The van der Waals surface area contributed by atoms with E-state index in [0.717, 1.165) is 10.4 Å². The van der Waals surface area contributed by atoms with Crippen LogP contribution in [0.5, 0.6) is 11.5 Å². The van der Waals surface area contributed by atoms with Gasteiger partial charge in [0.1, 0.15) is 11.5 Å². The van der Waals surface area contributed by atoms with E-state index in [1.54, 1.807) is 25.6 Å². The average Bonchev–Trinajstić information content (AvgIpc) is 3.14. The Morgan fingerprint density at radius 2 is 2.10 bits per heavy atom. The number of ether oxygens (including phenoxy) is 2. The molecule has 0 bridgehead atoms. The van der Waals surface area contributed by atoms with Gasteiger partial charge in [-0.3, -0.25) is 14.5 Å². The number of piperazine rings is 1. The standard InChI is InChI=1S/C21H27N3O4S/c1-14-4-7-17(29-14)12-23-20(25)11-18-21(26)22-8-9-24(18)13-15-5-6-16(27-2)10-19(15)28-3/h4-7,10,18H,8-9,11-13H2,1-3H3,(H,22,26)(H,23,25)/t18-/m0/s1. The van der Waals surface area contributed by atoms with Crippen molar-refractivity contribution >= 4 is 23.2 Å². The van der Waals surface area contributed by atoms with E-state index in [9.17, 15) is 9.59 Å². The van der Waals surface area contributed by atoms with Gasteiger partial charge in [0.2, 0.25) is 11.8 Å². The van der Waals surface area contributed by atoms with E-state index in [1.807, 2.05) is 42.2 Å². The van der Waals surface area contributed by atoms with Gasteiger partial charge in [0.25, 0.3) is 0 Å². The minimum Gasteiger partial charge on any atom is -0.497 e. The number of aryl methyl sites for hydroxylation is 1. The molecule has 1 aromatic heterocycles. The Kier molecular flexibility index (Phi) is 7.11. The molecule has 29 heavy (non-hydrogen) atoms. The van der Waals surface area contributed by atoms with Crippen molar-refractivity contribution in [2.24, 2.45) is 0 Å². The number of amides is 2. The van der Waals surface area contributed by atoms with Crippen LogP contribution in [0.25, 0.3) is 0 Å². The molecule has 7 nitrogen and oxygen atoms in total. The number of hydrogen-bond acceptors (Lipinski definition) is 6. The van der Waals surface area contributed by atoms with E-state index in [1.165, 1.54) is 4.88 Å². The zero-order valence-electron chi connectivity index (χ0n) is 17.0. The third-order valence-electron chi connectivity index (χ3n) is 4.94. The highest BCUT2D eigenvalue weighted by atomic mass is 32.1. The minimum absolute atomic E-state index is 0.120. The highest BCUT2D eigenvalue weighted by Crippen LogP contribution is 2.27. The largest absolute Gasteiger partial charge is 0.497 e. The molecule has 1 aromatic carbocycles. The minimum atomic E-state index is -0.513. The molecule has 0 spiro atoms. The van der Waals surface area contributed by atoms with Crippen LogP contribution in [-0.4, -0.2) is 50.1 Å². The third-order valence-corrected chi connectivity index (χ3v) is 5.94. The Hall–Kier alpha value is -2.58. The zero-order chi connectivity index (χ0) is 20.8. The Balaban J connectivity index is 1.65. The first-order valence-corrected chi connectivity index (χ1v) is 10.4. The molecule has 8 heteroatoms. The first-order valence-electron chi connectivity index (χ1n) is 9.55. The predicted octanol–water partition coefficient (Wildman–Crippen LogP) is 2.08. The summed E-state index contributed by atoms with van der Waals surface area (Å²) in [5.41, 5.74) is 0.947. The molecule has 1 saturated heterocycles. The summed E-state index contributed by atoms with van der Waals surface area (Å²) < 4.78 is 10.7. The summed E-state index contributed by atoms with van der Waals surface area (Å²) in [4.78, 5) is 29.3. The smallest absolute Gasteiger partial charge is 0.237 e. The Labute approximate surface area is 175 Å². The molecule has 2 aromatic rings. The van der Waals surface area contributed by atoms with Crippen LogP contribution >= 0.6 is 11.3 Å². The number of thiophene rings is 1. The first-order chi connectivity index (χ1) is 14.0. The maximum atomic E-state index is 12.5. The van der Waals surface area contributed by atoms with Crippen LogP contribution in [0.3, 0.4) is 0 Å². The molecule has 156 valence electrons. The number of benzene rings is 1. The second kappa shape index (κ2) is 9.76. The molecule has 3 rings (SSSR count). The quantitative estimate of drug-likeness (QED) is 0.688. The fourth-order valence-corrected chi connectivity index (χ4v) is 4.22. The molecule has 0 radical (unpaired) electrons. The molecule has 1 aliphatic rings. The van der Waals surface area contributed by atoms with Crippen LogP contribution in [0.15, 0.2) is 30.3 Å². The third kappa shape index (κ3) is 5.48. The van der Waals surface area contributed by atoms with Crippen molar-refractivity contribution in [1.82, 2.24) is 15.5 Å². The Morgan fingerprint density at radius 1 is 1.28 bits per heavy atom. The lowest BCUT2D eigenvalue weighted by atomic mass is 10.1.